The molecule has 1 fully saturated rings. The normalized spacial score (nSPS) is 15.5. The molecular formula is C16H20N4O2. The molecule has 6 nitrogen and oxygen atoms in total. The molecule has 0 bridgehead atoms. The lowest BCUT2D eigenvalue weighted by Crippen LogP contribution is -2.42. The molecule has 0 radical (unpaired) electrons. The quantitative estimate of drug-likeness (QED) is 0.910. The van der Waals surface area contributed by atoms with Gasteiger partial charge in [-0.05, 0) is 25.0 Å². The van der Waals surface area contributed by atoms with Crippen LogP contribution in [0.4, 0.5) is 4.79 Å². The van der Waals surface area contributed by atoms with E-state index in [2.05, 4.69) is 20.6 Å². The Bertz CT molecular complexity index is 606. The Hall–Kier alpha value is -2.37. The number of carbonyl (C=O) groups excluding carboxylic acids is 1. The Labute approximate surface area is 129 Å². The number of furan rings is 1. The molecule has 0 saturated heterocycles. The summed E-state index contributed by atoms with van der Waals surface area (Å²) in [6.07, 6.45) is 10.6. The van der Waals surface area contributed by atoms with E-state index in [1.54, 1.807) is 24.7 Å². The van der Waals surface area contributed by atoms with Gasteiger partial charge < -0.3 is 15.1 Å². The zero-order valence-corrected chi connectivity index (χ0v) is 12.4. The minimum absolute atomic E-state index is 0.150. The summed E-state index contributed by atoms with van der Waals surface area (Å²) in [6.45, 7) is 0.322. The predicted octanol–water partition coefficient (Wildman–Crippen LogP) is 2.87. The van der Waals surface area contributed by atoms with E-state index in [1.165, 1.54) is 19.3 Å². The summed E-state index contributed by atoms with van der Waals surface area (Å²) >= 11 is 0. The second kappa shape index (κ2) is 7.06. The van der Waals surface area contributed by atoms with Crippen LogP contribution in [0.2, 0.25) is 0 Å². The summed E-state index contributed by atoms with van der Waals surface area (Å²) in [5.41, 5.74) is 1.35. The van der Waals surface area contributed by atoms with Gasteiger partial charge in [0.15, 0.2) is 5.76 Å². The fourth-order valence-electron chi connectivity index (χ4n) is 2.76. The fraction of sp³-hybridized carbons (Fsp3) is 0.438. The number of hydrogen-bond acceptors (Lipinski definition) is 4. The molecule has 0 aromatic carbocycles. The number of nitrogens with one attached hydrogen (secondary N) is 2. The zero-order chi connectivity index (χ0) is 15.2. The van der Waals surface area contributed by atoms with Crippen molar-refractivity contribution in [2.75, 3.05) is 0 Å². The van der Waals surface area contributed by atoms with Crippen molar-refractivity contribution in [3.63, 3.8) is 0 Å². The molecule has 22 heavy (non-hydrogen) atoms. The Kier molecular flexibility index (Phi) is 4.68. The summed E-state index contributed by atoms with van der Waals surface area (Å²) in [7, 11) is 0. The van der Waals surface area contributed by atoms with Gasteiger partial charge in [-0.1, -0.05) is 19.3 Å². The third-order valence-electron chi connectivity index (χ3n) is 3.89. The lowest BCUT2D eigenvalue weighted by Gasteiger charge is -2.22. The van der Waals surface area contributed by atoms with E-state index >= 15 is 0 Å². The highest BCUT2D eigenvalue weighted by Gasteiger charge is 2.16. The van der Waals surface area contributed by atoms with Gasteiger partial charge in [-0.15, -0.1) is 0 Å². The van der Waals surface area contributed by atoms with Gasteiger partial charge >= 0.3 is 6.03 Å². The van der Waals surface area contributed by atoms with Gasteiger partial charge in [-0.3, -0.25) is 4.98 Å². The summed E-state index contributed by atoms with van der Waals surface area (Å²) < 4.78 is 5.36. The Morgan fingerprint density at radius 1 is 1.23 bits per heavy atom. The number of carbonyl (C=O) groups is 1. The van der Waals surface area contributed by atoms with Crippen LogP contribution in [0.5, 0.6) is 0 Å². The van der Waals surface area contributed by atoms with E-state index in [0.29, 0.717) is 29.7 Å². The molecule has 0 aliphatic heterocycles. The minimum atomic E-state index is -0.150. The average molecular weight is 300 g/mol. The lowest BCUT2D eigenvalue weighted by atomic mass is 9.96. The van der Waals surface area contributed by atoms with Crippen LogP contribution < -0.4 is 10.6 Å². The molecule has 3 rings (SSSR count). The molecule has 2 aromatic rings. The lowest BCUT2D eigenvalue weighted by molar-refractivity contribution is 0.232. The van der Waals surface area contributed by atoms with E-state index < -0.39 is 0 Å². The average Bonchev–Trinajstić information content (AvgIpc) is 3.08. The molecule has 0 unspecified atom stereocenters. The molecule has 2 aromatic heterocycles. The van der Waals surface area contributed by atoms with Crippen molar-refractivity contribution in [3.8, 4) is 11.5 Å². The summed E-state index contributed by atoms with van der Waals surface area (Å²) in [4.78, 5) is 20.6. The van der Waals surface area contributed by atoms with E-state index in [4.69, 9.17) is 4.42 Å². The van der Waals surface area contributed by atoms with Gasteiger partial charge in [0.05, 0.1) is 18.5 Å². The topological polar surface area (TPSA) is 80.1 Å². The molecule has 116 valence electrons. The maximum atomic E-state index is 12.0. The summed E-state index contributed by atoms with van der Waals surface area (Å²) in [6, 6.07) is 3.77. The standard InChI is InChI=1S/C16H20N4O2/c21-16(20-12-5-2-1-3-6-12)19-11-13-15(18-9-8-17-13)14-7-4-10-22-14/h4,7-10,12H,1-3,5-6,11H2,(H2,19,20,21). The molecule has 1 saturated carbocycles. The van der Waals surface area contributed by atoms with Gasteiger partial charge in [-0.25, -0.2) is 9.78 Å². The molecule has 2 heterocycles. The second-order valence-electron chi connectivity index (χ2n) is 5.49. The van der Waals surface area contributed by atoms with Crippen molar-refractivity contribution < 1.29 is 9.21 Å². The van der Waals surface area contributed by atoms with Crippen LogP contribution in [-0.4, -0.2) is 22.0 Å². The van der Waals surface area contributed by atoms with Gasteiger partial charge in [0, 0.05) is 18.4 Å². The first-order valence-electron chi connectivity index (χ1n) is 7.71. The first kappa shape index (κ1) is 14.6. The molecule has 0 atom stereocenters. The van der Waals surface area contributed by atoms with Gasteiger partial charge in [0.25, 0.3) is 0 Å². The second-order valence-corrected chi connectivity index (χ2v) is 5.49. The Morgan fingerprint density at radius 2 is 2.05 bits per heavy atom. The predicted molar refractivity (Wildman–Crippen MR) is 82.0 cm³/mol. The maximum Gasteiger partial charge on any atom is 0.315 e. The highest BCUT2D eigenvalue weighted by Crippen LogP contribution is 2.20. The zero-order valence-electron chi connectivity index (χ0n) is 12.4. The first-order valence-corrected chi connectivity index (χ1v) is 7.71. The monoisotopic (exact) mass is 300 g/mol. The molecule has 2 amide bonds. The molecule has 0 spiro atoms. The molecule has 1 aliphatic rings. The number of rotatable bonds is 4. The molecule has 1 aliphatic carbocycles. The van der Waals surface area contributed by atoms with E-state index in [-0.39, 0.29) is 6.03 Å². The van der Waals surface area contributed by atoms with E-state index in [9.17, 15) is 4.79 Å². The number of hydrogen-bond donors (Lipinski definition) is 2. The maximum absolute atomic E-state index is 12.0. The molecule has 2 N–H and O–H groups in total. The first-order chi connectivity index (χ1) is 10.8. The molecule has 6 heteroatoms. The van der Waals surface area contributed by atoms with Crippen molar-refractivity contribution in [3.05, 3.63) is 36.5 Å². The number of amides is 2. The highest BCUT2D eigenvalue weighted by atomic mass is 16.3. The summed E-state index contributed by atoms with van der Waals surface area (Å²) in [5, 5.41) is 5.88. The van der Waals surface area contributed by atoms with E-state index in [0.717, 1.165) is 12.8 Å². The van der Waals surface area contributed by atoms with Crippen molar-refractivity contribution >= 4 is 6.03 Å². The van der Waals surface area contributed by atoms with Crippen LogP contribution in [-0.2, 0) is 6.54 Å². The van der Waals surface area contributed by atoms with Crippen LogP contribution in [0.25, 0.3) is 11.5 Å². The van der Waals surface area contributed by atoms with Gasteiger partial charge in [0.1, 0.15) is 5.69 Å². The fourth-order valence-corrected chi connectivity index (χ4v) is 2.76. The van der Waals surface area contributed by atoms with Crippen LogP contribution in [0.1, 0.15) is 37.8 Å². The minimum Gasteiger partial charge on any atom is -0.463 e. The highest BCUT2D eigenvalue weighted by molar-refractivity contribution is 5.74. The van der Waals surface area contributed by atoms with Crippen LogP contribution >= 0.6 is 0 Å². The third-order valence-corrected chi connectivity index (χ3v) is 3.89. The van der Waals surface area contributed by atoms with Gasteiger partial charge in [0.2, 0.25) is 0 Å². The summed E-state index contributed by atoms with van der Waals surface area (Å²) in [5.74, 6) is 0.651. The Morgan fingerprint density at radius 3 is 2.82 bits per heavy atom. The van der Waals surface area contributed by atoms with Crippen molar-refractivity contribution in [1.29, 1.82) is 0 Å². The number of nitrogens with zero attached hydrogens (tertiary/aromatic N) is 2. The Balaban J connectivity index is 1.58. The number of aromatic nitrogens is 2. The largest absolute Gasteiger partial charge is 0.463 e. The molecular weight excluding hydrogens is 280 g/mol. The SMILES string of the molecule is O=C(NCc1nccnc1-c1ccco1)NC1CCCCC1. The number of urea groups is 1. The van der Waals surface area contributed by atoms with Crippen LogP contribution in [0, 0.1) is 0 Å². The van der Waals surface area contributed by atoms with Gasteiger partial charge in [-0.2, -0.15) is 0 Å². The van der Waals surface area contributed by atoms with Crippen molar-refractivity contribution in [2.24, 2.45) is 0 Å². The van der Waals surface area contributed by atoms with E-state index in [1.807, 2.05) is 6.07 Å². The van der Waals surface area contributed by atoms with Crippen LogP contribution in [0.3, 0.4) is 0 Å². The third kappa shape index (κ3) is 3.63. The van der Waals surface area contributed by atoms with Crippen molar-refractivity contribution in [2.45, 2.75) is 44.7 Å². The van der Waals surface area contributed by atoms with Crippen LogP contribution in [0.15, 0.2) is 35.2 Å². The van der Waals surface area contributed by atoms with Crippen molar-refractivity contribution in [1.82, 2.24) is 20.6 Å². The smallest absolute Gasteiger partial charge is 0.315 e.